The van der Waals surface area contributed by atoms with E-state index in [1.54, 1.807) is 0 Å². The van der Waals surface area contributed by atoms with E-state index in [-0.39, 0.29) is 17.9 Å². The quantitative estimate of drug-likeness (QED) is 0.706. The fourth-order valence-electron chi connectivity index (χ4n) is 3.76. The number of carbonyl (C=O) groups excluding carboxylic acids is 1. The summed E-state index contributed by atoms with van der Waals surface area (Å²) in [5, 5.41) is 26.5. The highest BCUT2D eigenvalue weighted by Crippen LogP contribution is 2.35. The van der Waals surface area contributed by atoms with Crippen LogP contribution in [-0.4, -0.2) is 44.4 Å². The van der Waals surface area contributed by atoms with Gasteiger partial charge in [-0.15, -0.1) is 0 Å². The van der Waals surface area contributed by atoms with Crippen LogP contribution in [0.15, 0.2) is 30.5 Å². The Labute approximate surface area is 166 Å². The second-order valence-corrected chi connectivity index (χ2v) is 6.83. The third-order valence-electron chi connectivity index (χ3n) is 5.13. The van der Waals surface area contributed by atoms with Crippen LogP contribution >= 0.6 is 0 Å². The van der Waals surface area contributed by atoms with Gasteiger partial charge in [0.1, 0.15) is 11.4 Å². The Balaban J connectivity index is 2.01. The number of carboxylic acid groups (broad SMARTS) is 1. The van der Waals surface area contributed by atoms with Crippen molar-refractivity contribution in [3.63, 3.8) is 0 Å². The minimum Gasteiger partial charge on any atom is -0.465 e. The molecule has 2 amide bonds. The lowest BCUT2D eigenvalue weighted by molar-refractivity contribution is 0.0598. The molecule has 4 N–H and O–H groups in total. The zero-order chi connectivity index (χ0) is 21.1. The van der Waals surface area contributed by atoms with Gasteiger partial charge >= 0.3 is 6.09 Å². The highest BCUT2D eigenvalue weighted by Gasteiger charge is 2.41. The number of halogens is 1. The van der Waals surface area contributed by atoms with E-state index in [0.717, 1.165) is 0 Å². The molecule has 1 aliphatic heterocycles. The number of hydrogen-bond acceptors (Lipinski definition) is 5. The number of nitrogens with one attached hydrogen (secondary N) is 1. The summed E-state index contributed by atoms with van der Waals surface area (Å²) in [6.07, 6.45) is 1.19. The molecule has 0 saturated carbocycles. The fraction of sp³-hybridized carbons (Fsp3) is 0.368. The number of benzene rings is 1. The summed E-state index contributed by atoms with van der Waals surface area (Å²) >= 11 is 0. The number of nitrogens with zero attached hydrogens (tertiary/aromatic N) is 4. The van der Waals surface area contributed by atoms with Crippen molar-refractivity contribution in [2.45, 2.75) is 31.8 Å². The van der Waals surface area contributed by atoms with Gasteiger partial charge in [0.25, 0.3) is 5.91 Å². The molecular formula is C19H21FN6O3. The molecule has 9 nitrogen and oxygen atoms in total. The molecule has 3 atom stereocenters. The largest absolute Gasteiger partial charge is 0.465 e. The standard InChI is InChI=1S/C19H21FN6O3/c1-2-15-16(11(9-21)7-8-25(15)19(28)29)26-10-14(17(22)27)18(24-26)23-13-5-3-12(20)4-6-13/h3-6,10-11,15-16H,2,7-8H2,1H3,(H2,22,27)(H,23,24)(H,28,29). The third-order valence-corrected chi connectivity index (χ3v) is 5.13. The number of piperidine rings is 1. The maximum absolute atomic E-state index is 13.1. The van der Waals surface area contributed by atoms with Gasteiger partial charge in [-0.25, -0.2) is 9.18 Å². The van der Waals surface area contributed by atoms with E-state index in [9.17, 15) is 24.3 Å². The number of aromatic nitrogens is 2. The average Bonchev–Trinajstić information content (AvgIpc) is 3.12. The average molecular weight is 400 g/mol. The second kappa shape index (κ2) is 8.18. The van der Waals surface area contributed by atoms with Gasteiger partial charge in [-0.1, -0.05) is 6.92 Å². The molecule has 1 aromatic carbocycles. The number of rotatable bonds is 5. The van der Waals surface area contributed by atoms with Crippen molar-refractivity contribution in [1.82, 2.24) is 14.7 Å². The molecule has 2 heterocycles. The number of carbonyl (C=O) groups is 2. The summed E-state index contributed by atoms with van der Waals surface area (Å²) in [6, 6.07) is 6.66. The van der Waals surface area contributed by atoms with Crippen molar-refractivity contribution < 1.29 is 19.1 Å². The summed E-state index contributed by atoms with van der Waals surface area (Å²) in [5.74, 6) is -1.46. The molecular weight excluding hydrogens is 379 g/mol. The molecule has 0 spiro atoms. The molecule has 10 heteroatoms. The van der Waals surface area contributed by atoms with Gasteiger partial charge in [-0.2, -0.15) is 10.4 Å². The molecule has 3 unspecified atom stereocenters. The normalized spacial score (nSPS) is 21.4. The summed E-state index contributed by atoms with van der Waals surface area (Å²) in [6.45, 7) is 2.09. The van der Waals surface area contributed by atoms with Crippen LogP contribution in [0, 0.1) is 23.1 Å². The minimum atomic E-state index is -1.06. The molecule has 0 bridgehead atoms. The van der Waals surface area contributed by atoms with Gasteiger partial charge in [0.05, 0.1) is 24.1 Å². The molecule has 0 radical (unpaired) electrons. The predicted octanol–water partition coefficient (Wildman–Crippen LogP) is 2.71. The summed E-state index contributed by atoms with van der Waals surface area (Å²) in [5.41, 5.74) is 6.07. The molecule has 2 aromatic rings. The maximum atomic E-state index is 13.1. The molecule has 3 rings (SSSR count). The van der Waals surface area contributed by atoms with Crippen molar-refractivity contribution in [1.29, 1.82) is 5.26 Å². The minimum absolute atomic E-state index is 0.0910. The van der Waals surface area contributed by atoms with E-state index in [4.69, 9.17) is 5.73 Å². The van der Waals surface area contributed by atoms with Gasteiger partial charge in [0.15, 0.2) is 5.82 Å². The molecule has 1 saturated heterocycles. The van der Waals surface area contributed by atoms with Crippen LogP contribution in [0.4, 0.5) is 20.7 Å². The van der Waals surface area contributed by atoms with Crippen LogP contribution in [0.1, 0.15) is 36.2 Å². The van der Waals surface area contributed by atoms with Crippen LogP contribution in [0.25, 0.3) is 0 Å². The third kappa shape index (κ3) is 3.99. The van der Waals surface area contributed by atoms with Gasteiger partial charge in [0, 0.05) is 18.4 Å². The molecule has 29 heavy (non-hydrogen) atoms. The lowest BCUT2D eigenvalue weighted by Gasteiger charge is -2.41. The fourth-order valence-corrected chi connectivity index (χ4v) is 3.76. The Morgan fingerprint density at radius 1 is 1.41 bits per heavy atom. The topological polar surface area (TPSA) is 137 Å². The zero-order valence-electron chi connectivity index (χ0n) is 15.7. The number of primary amides is 1. The Morgan fingerprint density at radius 3 is 2.66 bits per heavy atom. The van der Waals surface area contributed by atoms with Gasteiger partial charge < -0.3 is 21.1 Å². The lowest BCUT2D eigenvalue weighted by Crippen LogP contribution is -2.51. The summed E-state index contributed by atoms with van der Waals surface area (Å²) < 4.78 is 14.6. The van der Waals surface area contributed by atoms with E-state index in [2.05, 4.69) is 16.5 Å². The number of nitriles is 1. The molecule has 1 aliphatic rings. The first-order chi connectivity index (χ1) is 13.8. The van der Waals surface area contributed by atoms with Crippen LogP contribution in [0.3, 0.4) is 0 Å². The van der Waals surface area contributed by atoms with Crippen molar-refractivity contribution >= 4 is 23.5 Å². The summed E-state index contributed by atoms with van der Waals surface area (Å²) in [7, 11) is 0. The monoisotopic (exact) mass is 400 g/mol. The number of anilines is 2. The van der Waals surface area contributed by atoms with Crippen molar-refractivity contribution in [2.75, 3.05) is 11.9 Å². The number of hydrogen-bond donors (Lipinski definition) is 3. The Bertz CT molecular complexity index is 952. The maximum Gasteiger partial charge on any atom is 0.407 e. The first-order valence-corrected chi connectivity index (χ1v) is 9.16. The number of amides is 2. The zero-order valence-corrected chi connectivity index (χ0v) is 15.7. The smallest absolute Gasteiger partial charge is 0.407 e. The Hall–Kier alpha value is -3.61. The SMILES string of the molecule is CCC1C(n2cc(C(N)=O)c(Nc3ccc(F)cc3)n2)C(C#N)CCN1C(=O)O. The van der Waals surface area contributed by atoms with Crippen molar-refractivity contribution in [2.24, 2.45) is 11.7 Å². The van der Waals surface area contributed by atoms with Crippen LogP contribution < -0.4 is 11.1 Å². The number of likely N-dealkylation sites (tertiary alicyclic amines) is 1. The first kappa shape index (κ1) is 20.1. The van der Waals surface area contributed by atoms with E-state index in [0.29, 0.717) is 18.5 Å². The molecule has 1 aromatic heterocycles. The van der Waals surface area contributed by atoms with E-state index in [1.807, 2.05) is 6.92 Å². The van der Waals surface area contributed by atoms with E-state index >= 15 is 0 Å². The molecule has 152 valence electrons. The predicted molar refractivity (Wildman–Crippen MR) is 102 cm³/mol. The highest BCUT2D eigenvalue weighted by atomic mass is 19.1. The lowest BCUT2D eigenvalue weighted by atomic mass is 9.85. The van der Waals surface area contributed by atoms with E-state index < -0.39 is 35.8 Å². The number of nitrogens with two attached hydrogens (primary N) is 1. The van der Waals surface area contributed by atoms with Gasteiger partial charge in [0.2, 0.25) is 0 Å². The van der Waals surface area contributed by atoms with Crippen LogP contribution in [0.2, 0.25) is 0 Å². The van der Waals surface area contributed by atoms with Crippen molar-refractivity contribution in [3.8, 4) is 6.07 Å². The Kier molecular flexibility index (Phi) is 5.68. The first-order valence-electron chi connectivity index (χ1n) is 9.16. The van der Waals surface area contributed by atoms with Gasteiger partial charge in [-0.05, 0) is 37.1 Å². The molecule has 1 fully saturated rings. The second-order valence-electron chi connectivity index (χ2n) is 6.83. The Morgan fingerprint density at radius 2 is 2.10 bits per heavy atom. The highest BCUT2D eigenvalue weighted by molar-refractivity contribution is 5.98. The van der Waals surface area contributed by atoms with Crippen molar-refractivity contribution in [3.05, 3.63) is 41.8 Å². The summed E-state index contributed by atoms with van der Waals surface area (Å²) in [4.78, 5) is 24.9. The van der Waals surface area contributed by atoms with Crippen LogP contribution in [0.5, 0.6) is 0 Å². The molecule has 0 aliphatic carbocycles. The van der Waals surface area contributed by atoms with Crippen LogP contribution in [-0.2, 0) is 0 Å². The van der Waals surface area contributed by atoms with Gasteiger partial charge in [-0.3, -0.25) is 9.48 Å². The van der Waals surface area contributed by atoms with E-state index in [1.165, 1.54) is 40.0 Å².